The zero-order valence-corrected chi connectivity index (χ0v) is 8.06. The Balaban J connectivity index is 2.54. The van der Waals surface area contributed by atoms with Crippen LogP contribution in [0.4, 0.5) is 0 Å². The van der Waals surface area contributed by atoms with Crippen LogP contribution >= 0.6 is 23.3 Å². The summed E-state index contributed by atoms with van der Waals surface area (Å²) >= 11 is 2.47. The van der Waals surface area contributed by atoms with Crippen molar-refractivity contribution >= 4 is 29.3 Å². The highest BCUT2D eigenvalue weighted by Crippen LogP contribution is 2.25. The van der Waals surface area contributed by atoms with E-state index in [2.05, 4.69) is 9.36 Å². The highest BCUT2D eigenvalue weighted by molar-refractivity contribution is 8.02. The van der Waals surface area contributed by atoms with Crippen molar-refractivity contribution in [1.29, 1.82) is 0 Å². The molecule has 0 aromatic carbocycles. The Bertz CT molecular complexity index is 250. The summed E-state index contributed by atoms with van der Waals surface area (Å²) in [6, 6.07) is 0. The Hall–Kier alpha value is -0.620. The van der Waals surface area contributed by atoms with E-state index < -0.39 is 11.2 Å². The topological polar surface area (TPSA) is 63.1 Å². The fraction of sp³-hybridized carbons (Fsp3) is 0.500. The molecule has 1 rings (SSSR count). The number of aromatic nitrogens is 2. The lowest BCUT2D eigenvalue weighted by molar-refractivity contribution is -0.136. The molecule has 0 bridgehead atoms. The molecule has 4 nitrogen and oxygen atoms in total. The second-order valence-corrected chi connectivity index (χ2v) is 4.29. The van der Waals surface area contributed by atoms with E-state index in [0.717, 1.165) is 0 Å². The Morgan fingerprint density at radius 3 is 3.08 bits per heavy atom. The minimum atomic E-state index is -0.794. The van der Waals surface area contributed by atoms with Gasteiger partial charge in [-0.1, -0.05) is 18.7 Å². The van der Waals surface area contributed by atoms with Crippen molar-refractivity contribution in [2.45, 2.75) is 22.9 Å². The predicted octanol–water partition coefficient (Wildman–Crippen LogP) is 1.49. The highest BCUT2D eigenvalue weighted by Gasteiger charge is 2.17. The average molecular weight is 204 g/mol. The maximum absolute atomic E-state index is 10.6. The molecular weight excluding hydrogens is 196 g/mol. The zero-order valence-electron chi connectivity index (χ0n) is 6.43. The van der Waals surface area contributed by atoms with Gasteiger partial charge in [-0.25, -0.2) is 4.98 Å². The van der Waals surface area contributed by atoms with Crippen molar-refractivity contribution in [3.63, 3.8) is 0 Å². The number of carboxylic acid groups (broad SMARTS) is 1. The van der Waals surface area contributed by atoms with Crippen LogP contribution in [-0.4, -0.2) is 25.7 Å². The number of nitrogens with zero attached hydrogens (tertiary/aromatic N) is 2. The van der Waals surface area contributed by atoms with Gasteiger partial charge in [0.25, 0.3) is 0 Å². The second kappa shape index (κ2) is 4.42. The molecule has 0 amide bonds. The highest BCUT2D eigenvalue weighted by atomic mass is 32.2. The zero-order chi connectivity index (χ0) is 8.97. The summed E-state index contributed by atoms with van der Waals surface area (Å²) < 4.78 is 4.50. The van der Waals surface area contributed by atoms with Gasteiger partial charge in [0, 0.05) is 0 Å². The van der Waals surface area contributed by atoms with E-state index in [-0.39, 0.29) is 0 Å². The number of thioether (sulfide) groups is 1. The lowest BCUT2D eigenvalue weighted by atomic mass is 10.3. The summed E-state index contributed by atoms with van der Waals surface area (Å²) in [5, 5.41) is 8.30. The molecule has 1 heterocycles. The van der Waals surface area contributed by atoms with Crippen LogP contribution in [0.3, 0.4) is 0 Å². The normalized spacial score (nSPS) is 12.8. The summed E-state index contributed by atoms with van der Waals surface area (Å²) in [4.78, 5) is 14.5. The molecule has 1 aromatic heterocycles. The lowest BCUT2D eigenvalue weighted by Gasteiger charge is -2.04. The first-order valence-corrected chi connectivity index (χ1v) is 5.05. The van der Waals surface area contributed by atoms with Crippen molar-refractivity contribution in [3.8, 4) is 0 Å². The Morgan fingerprint density at radius 2 is 2.67 bits per heavy atom. The minimum Gasteiger partial charge on any atom is -0.480 e. The van der Waals surface area contributed by atoms with Gasteiger partial charge < -0.3 is 5.11 Å². The average Bonchev–Trinajstić information content (AvgIpc) is 2.51. The first-order valence-electron chi connectivity index (χ1n) is 3.40. The quantitative estimate of drug-likeness (QED) is 0.753. The van der Waals surface area contributed by atoms with Gasteiger partial charge in [-0.15, -0.1) is 0 Å². The molecular formula is C6H8N2O2S2. The molecule has 12 heavy (non-hydrogen) atoms. The Labute approximate surface area is 78.2 Å². The first-order chi connectivity index (χ1) is 5.74. The molecule has 0 spiro atoms. The molecule has 1 N–H and O–H groups in total. The molecule has 6 heteroatoms. The van der Waals surface area contributed by atoms with Crippen LogP contribution in [0.25, 0.3) is 0 Å². The first kappa shape index (κ1) is 9.47. The van der Waals surface area contributed by atoms with E-state index in [9.17, 15) is 4.79 Å². The van der Waals surface area contributed by atoms with Crippen molar-refractivity contribution in [1.82, 2.24) is 9.36 Å². The van der Waals surface area contributed by atoms with Gasteiger partial charge in [-0.05, 0) is 18.0 Å². The van der Waals surface area contributed by atoms with Gasteiger partial charge in [0.15, 0.2) is 4.34 Å². The lowest BCUT2D eigenvalue weighted by Crippen LogP contribution is -2.14. The van der Waals surface area contributed by atoms with Crippen LogP contribution in [0.15, 0.2) is 10.7 Å². The summed E-state index contributed by atoms with van der Waals surface area (Å²) in [5.74, 6) is -0.794. The molecule has 0 saturated carbocycles. The van der Waals surface area contributed by atoms with Gasteiger partial charge in [-0.3, -0.25) is 4.79 Å². The molecule has 0 fully saturated rings. The monoisotopic (exact) mass is 204 g/mol. The van der Waals surface area contributed by atoms with E-state index >= 15 is 0 Å². The van der Waals surface area contributed by atoms with Crippen LogP contribution < -0.4 is 0 Å². The van der Waals surface area contributed by atoms with Crippen LogP contribution in [-0.2, 0) is 4.79 Å². The predicted molar refractivity (Wildman–Crippen MR) is 47.5 cm³/mol. The Morgan fingerprint density at radius 1 is 1.92 bits per heavy atom. The van der Waals surface area contributed by atoms with Crippen molar-refractivity contribution in [2.24, 2.45) is 0 Å². The van der Waals surface area contributed by atoms with Gasteiger partial charge >= 0.3 is 5.97 Å². The maximum atomic E-state index is 10.6. The van der Waals surface area contributed by atoms with Crippen LogP contribution in [0.2, 0.25) is 0 Å². The van der Waals surface area contributed by atoms with E-state index in [1.54, 1.807) is 0 Å². The standard InChI is InChI=1S/C6H8N2O2S2/c1-2-4(5(9)10)11-6-7-3-8-12-6/h3-4H,2H2,1H3,(H,9,10). The number of rotatable bonds is 4. The third-order valence-corrected chi connectivity index (χ3v) is 3.33. The summed E-state index contributed by atoms with van der Waals surface area (Å²) in [6.45, 7) is 1.84. The molecule has 0 saturated heterocycles. The van der Waals surface area contributed by atoms with Crippen LogP contribution in [0, 0.1) is 0 Å². The summed E-state index contributed by atoms with van der Waals surface area (Å²) in [7, 11) is 0. The molecule has 0 aliphatic heterocycles. The second-order valence-electron chi connectivity index (χ2n) is 2.06. The number of carbonyl (C=O) groups is 1. The SMILES string of the molecule is CCC(Sc1ncns1)C(=O)O. The van der Waals surface area contributed by atoms with Gasteiger partial charge in [-0.2, -0.15) is 4.37 Å². The Kier molecular flexibility index (Phi) is 3.48. The minimum absolute atomic E-state index is 0.405. The fourth-order valence-electron chi connectivity index (χ4n) is 0.645. The molecule has 0 radical (unpaired) electrons. The van der Waals surface area contributed by atoms with Crippen LogP contribution in [0.5, 0.6) is 0 Å². The van der Waals surface area contributed by atoms with Crippen molar-refractivity contribution < 1.29 is 9.90 Å². The number of carboxylic acids is 1. The van der Waals surface area contributed by atoms with E-state index in [0.29, 0.717) is 10.8 Å². The third-order valence-electron chi connectivity index (χ3n) is 1.23. The molecule has 0 aliphatic carbocycles. The van der Waals surface area contributed by atoms with Gasteiger partial charge in [0.1, 0.15) is 11.6 Å². The number of hydrogen-bond donors (Lipinski definition) is 1. The molecule has 1 atom stereocenters. The maximum Gasteiger partial charge on any atom is 0.317 e. The van der Waals surface area contributed by atoms with E-state index in [4.69, 9.17) is 5.11 Å². The van der Waals surface area contributed by atoms with Crippen molar-refractivity contribution in [3.05, 3.63) is 6.33 Å². The van der Waals surface area contributed by atoms with Crippen LogP contribution in [0.1, 0.15) is 13.3 Å². The molecule has 0 aliphatic rings. The van der Waals surface area contributed by atoms with Gasteiger partial charge in [0.05, 0.1) is 0 Å². The van der Waals surface area contributed by atoms with E-state index in [1.807, 2.05) is 6.92 Å². The molecule has 1 aromatic rings. The largest absolute Gasteiger partial charge is 0.480 e. The fourth-order valence-corrected chi connectivity index (χ4v) is 2.19. The smallest absolute Gasteiger partial charge is 0.317 e. The van der Waals surface area contributed by atoms with Crippen molar-refractivity contribution in [2.75, 3.05) is 0 Å². The third kappa shape index (κ3) is 2.46. The van der Waals surface area contributed by atoms with E-state index in [1.165, 1.54) is 29.6 Å². The summed E-state index contributed by atoms with van der Waals surface area (Å²) in [5.41, 5.74) is 0. The number of hydrogen-bond acceptors (Lipinski definition) is 5. The van der Waals surface area contributed by atoms with Gasteiger partial charge in [0.2, 0.25) is 0 Å². The summed E-state index contributed by atoms with van der Waals surface area (Å²) in [6.07, 6.45) is 2.03. The molecule has 66 valence electrons. The molecule has 1 unspecified atom stereocenters. The number of aliphatic carboxylic acids is 1.